The molecule has 1 aliphatic heterocycles. The highest BCUT2D eigenvalue weighted by molar-refractivity contribution is 7.94. The number of anilines is 1. The predicted molar refractivity (Wildman–Crippen MR) is 120 cm³/mol. The van der Waals surface area contributed by atoms with Crippen molar-refractivity contribution in [2.45, 2.75) is 25.2 Å². The second kappa shape index (κ2) is 9.08. The molecular weight excluding hydrogens is 456 g/mol. The minimum absolute atomic E-state index is 0.0191. The van der Waals surface area contributed by atoms with Crippen molar-refractivity contribution in [2.75, 3.05) is 30.8 Å². The van der Waals surface area contributed by atoms with Crippen LogP contribution in [0.1, 0.15) is 18.1 Å². The molecule has 0 spiro atoms. The molecule has 0 aromatic heterocycles. The SMILES string of the molecule is COc1ccc(CCNS(=O)(=O)c2ccc(N3C(=O)C(C)CS3(=O)=O)cc2C)cc1OC. The number of rotatable bonds is 8. The molecule has 9 nitrogen and oxygen atoms in total. The molecule has 0 bridgehead atoms. The number of benzene rings is 2. The fourth-order valence-electron chi connectivity index (χ4n) is 3.59. The van der Waals surface area contributed by atoms with E-state index >= 15 is 0 Å². The Balaban J connectivity index is 1.74. The van der Waals surface area contributed by atoms with Crippen LogP contribution < -0.4 is 18.5 Å². The first-order valence-corrected chi connectivity index (χ1v) is 13.0. The molecule has 11 heteroatoms. The van der Waals surface area contributed by atoms with Gasteiger partial charge in [0.2, 0.25) is 26.0 Å². The van der Waals surface area contributed by atoms with E-state index in [1.807, 2.05) is 6.07 Å². The molecule has 1 atom stereocenters. The fraction of sp³-hybridized carbons (Fsp3) is 0.381. The van der Waals surface area contributed by atoms with E-state index in [0.717, 1.165) is 9.87 Å². The smallest absolute Gasteiger partial charge is 0.244 e. The Hall–Kier alpha value is -2.63. The highest BCUT2D eigenvalue weighted by Crippen LogP contribution is 2.31. The molecule has 0 radical (unpaired) electrons. The Bertz CT molecular complexity index is 1240. The Morgan fingerprint density at radius 2 is 1.78 bits per heavy atom. The third kappa shape index (κ3) is 4.74. The number of sulfonamides is 2. The molecule has 3 rings (SSSR count). The highest BCUT2D eigenvalue weighted by atomic mass is 32.2. The standard InChI is InChI=1S/C21H26N2O7S2/c1-14-11-17(23-21(24)15(2)13-31(23,25)26)6-8-20(14)32(27,28)22-10-9-16-5-7-18(29-3)19(12-16)30-4/h5-8,11-12,15,22H,9-10,13H2,1-4H3. The Morgan fingerprint density at radius 3 is 2.34 bits per heavy atom. The number of aryl methyl sites for hydroxylation is 1. The van der Waals surface area contributed by atoms with Crippen molar-refractivity contribution >= 4 is 31.6 Å². The third-order valence-electron chi connectivity index (χ3n) is 5.20. The maximum absolute atomic E-state index is 12.8. The Kier molecular flexibility index (Phi) is 6.82. The van der Waals surface area contributed by atoms with Gasteiger partial charge in [0.05, 0.1) is 36.5 Å². The first-order chi connectivity index (χ1) is 15.0. The van der Waals surface area contributed by atoms with Crippen molar-refractivity contribution in [3.8, 4) is 11.5 Å². The average molecular weight is 483 g/mol. The Morgan fingerprint density at radius 1 is 1.09 bits per heavy atom. The van der Waals surface area contributed by atoms with Crippen LogP contribution in [-0.2, 0) is 31.3 Å². The van der Waals surface area contributed by atoms with Gasteiger partial charge in [-0.05, 0) is 54.8 Å². The first kappa shape index (κ1) is 24.0. The number of carbonyl (C=O) groups is 1. The lowest BCUT2D eigenvalue weighted by atomic mass is 10.1. The lowest BCUT2D eigenvalue weighted by Crippen LogP contribution is -2.30. The quantitative estimate of drug-likeness (QED) is 0.610. The van der Waals surface area contributed by atoms with E-state index in [2.05, 4.69) is 4.72 Å². The minimum atomic E-state index is -3.84. The van der Waals surface area contributed by atoms with Gasteiger partial charge in [0, 0.05) is 6.54 Å². The molecular formula is C21H26N2O7S2. The summed E-state index contributed by atoms with van der Waals surface area (Å²) in [6, 6.07) is 9.40. The summed E-state index contributed by atoms with van der Waals surface area (Å²) in [7, 11) is -4.54. The monoisotopic (exact) mass is 482 g/mol. The second-order valence-electron chi connectivity index (χ2n) is 7.57. The van der Waals surface area contributed by atoms with Crippen LogP contribution in [0.25, 0.3) is 0 Å². The number of nitrogens with zero attached hydrogens (tertiary/aromatic N) is 1. The maximum Gasteiger partial charge on any atom is 0.244 e. The van der Waals surface area contributed by atoms with Gasteiger partial charge in [0.1, 0.15) is 0 Å². The number of nitrogens with one attached hydrogen (secondary N) is 1. The van der Waals surface area contributed by atoms with Crippen LogP contribution in [0.4, 0.5) is 5.69 Å². The van der Waals surface area contributed by atoms with Gasteiger partial charge in [0.15, 0.2) is 11.5 Å². The second-order valence-corrected chi connectivity index (χ2v) is 11.2. The molecule has 174 valence electrons. The first-order valence-electron chi connectivity index (χ1n) is 9.88. The van der Waals surface area contributed by atoms with Gasteiger partial charge < -0.3 is 9.47 Å². The summed E-state index contributed by atoms with van der Waals surface area (Å²) < 4.78 is 63.9. The van der Waals surface area contributed by atoms with Gasteiger partial charge in [0.25, 0.3) is 0 Å². The van der Waals surface area contributed by atoms with Gasteiger partial charge in [-0.15, -0.1) is 0 Å². The summed E-state index contributed by atoms with van der Waals surface area (Å²) in [6.07, 6.45) is 0.426. The molecule has 1 unspecified atom stereocenters. The number of hydrogen-bond donors (Lipinski definition) is 1. The average Bonchev–Trinajstić information content (AvgIpc) is 2.93. The van der Waals surface area contributed by atoms with Crippen LogP contribution in [-0.4, -0.2) is 49.3 Å². The minimum Gasteiger partial charge on any atom is -0.493 e. The molecule has 1 fully saturated rings. The van der Waals surface area contributed by atoms with Crippen LogP contribution in [0.5, 0.6) is 11.5 Å². The summed E-state index contributed by atoms with van der Waals surface area (Å²) in [5.41, 5.74) is 1.34. The molecule has 1 aliphatic rings. The van der Waals surface area contributed by atoms with Gasteiger partial charge in [-0.1, -0.05) is 13.0 Å². The molecule has 0 aliphatic carbocycles. The van der Waals surface area contributed by atoms with Gasteiger partial charge >= 0.3 is 0 Å². The predicted octanol–water partition coefficient (Wildman–Crippen LogP) is 1.85. The van der Waals surface area contributed by atoms with Crippen molar-refractivity contribution < 1.29 is 31.1 Å². The van der Waals surface area contributed by atoms with Crippen molar-refractivity contribution in [2.24, 2.45) is 5.92 Å². The summed E-state index contributed by atoms with van der Waals surface area (Å²) >= 11 is 0. The maximum atomic E-state index is 12.8. The summed E-state index contributed by atoms with van der Waals surface area (Å²) in [4.78, 5) is 12.3. The number of methoxy groups -OCH3 is 2. The number of carbonyl (C=O) groups excluding carboxylic acids is 1. The zero-order chi connectivity index (χ0) is 23.7. The van der Waals surface area contributed by atoms with Crippen molar-refractivity contribution in [1.82, 2.24) is 4.72 Å². The molecule has 2 aromatic rings. The number of amides is 1. The van der Waals surface area contributed by atoms with Crippen LogP contribution in [0.3, 0.4) is 0 Å². The molecule has 0 saturated carbocycles. The molecule has 32 heavy (non-hydrogen) atoms. The largest absolute Gasteiger partial charge is 0.493 e. The van der Waals surface area contributed by atoms with Gasteiger partial charge in [-0.25, -0.2) is 25.9 Å². The van der Waals surface area contributed by atoms with Crippen LogP contribution >= 0.6 is 0 Å². The summed E-state index contributed by atoms with van der Waals surface area (Å²) in [6.45, 7) is 3.26. The molecule has 1 saturated heterocycles. The summed E-state index contributed by atoms with van der Waals surface area (Å²) in [5, 5.41) is 0. The molecule has 1 N–H and O–H groups in total. The van der Waals surface area contributed by atoms with E-state index in [-0.39, 0.29) is 22.9 Å². The molecule has 1 amide bonds. The van der Waals surface area contributed by atoms with Gasteiger partial charge in [-0.2, -0.15) is 0 Å². The van der Waals surface area contributed by atoms with E-state index in [0.29, 0.717) is 23.5 Å². The van der Waals surface area contributed by atoms with E-state index in [9.17, 15) is 21.6 Å². The van der Waals surface area contributed by atoms with Crippen LogP contribution in [0, 0.1) is 12.8 Å². The topological polar surface area (TPSA) is 119 Å². The zero-order valence-corrected chi connectivity index (χ0v) is 19.9. The van der Waals surface area contributed by atoms with Crippen LogP contribution in [0.2, 0.25) is 0 Å². The van der Waals surface area contributed by atoms with E-state index in [4.69, 9.17) is 9.47 Å². The van der Waals surface area contributed by atoms with Crippen molar-refractivity contribution in [1.29, 1.82) is 0 Å². The normalized spacial score (nSPS) is 18.1. The van der Waals surface area contributed by atoms with E-state index in [1.54, 1.807) is 26.0 Å². The van der Waals surface area contributed by atoms with Crippen molar-refractivity contribution in [3.63, 3.8) is 0 Å². The van der Waals surface area contributed by atoms with Gasteiger partial charge in [-0.3, -0.25) is 4.79 Å². The molecule has 1 heterocycles. The van der Waals surface area contributed by atoms with E-state index < -0.39 is 31.9 Å². The number of ether oxygens (including phenoxy) is 2. The molecule has 2 aromatic carbocycles. The summed E-state index contributed by atoms with van der Waals surface area (Å²) in [5.74, 6) is -0.279. The van der Waals surface area contributed by atoms with Crippen molar-refractivity contribution in [3.05, 3.63) is 47.5 Å². The van der Waals surface area contributed by atoms with E-state index in [1.165, 1.54) is 32.4 Å². The Labute approximate surface area is 188 Å². The highest BCUT2D eigenvalue weighted by Gasteiger charge is 2.42. The lowest BCUT2D eigenvalue weighted by Gasteiger charge is -2.17. The number of hydrogen-bond acceptors (Lipinski definition) is 7. The lowest BCUT2D eigenvalue weighted by molar-refractivity contribution is -0.119. The third-order valence-corrected chi connectivity index (χ3v) is 8.69. The van der Waals surface area contributed by atoms with Crippen LogP contribution in [0.15, 0.2) is 41.3 Å². The zero-order valence-electron chi connectivity index (χ0n) is 18.3. The fourth-order valence-corrected chi connectivity index (χ4v) is 6.66.